The molecule has 0 atom stereocenters. The average Bonchev–Trinajstić information content (AvgIpc) is 3.05. The second-order valence-electron chi connectivity index (χ2n) is 5.12. The number of nitrogens with one attached hydrogen (secondary N) is 1. The Morgan fingerprint density at radius 3 is 2.77 bits per heavy atom. The van der Waals surface area contributed by atoms with Gasteiger partial charge in [0, 0.05) is 30.3 Å². The summed E-state index contributed by atoms with van der Waals surface area (Å²) in [6, 6.07) is 7.29. The number of hydrogen-bond acceptors (Lipinski definition) is 5. The lowest BCUT2D eigenvalue weighted by atomic mass is 10.3. The van der Waals surface area contributed by atoms with E-state index in [1.807, 2.05) is 0 Å². The first kappa shape index (κ1) is 17.4. The van der Waals surface area contributed by atoms with Crippen LogP contribution in [0.25, 0.3) is 0 Å². The summed E-state index contributed by atoms with van der Waals surface area (Å²) in [4.78, 5) is 19.8. The first-order valence-corrected chi connectivity index (χ1v) is 7.34. The number of carbonyl (C=O) groups excluding carboxylic acids is 1. The van der Waals surface area contributed by atoms with E-state index in [2.05, 4.69) is 20.4 Å². The van der Waals surface area contributed by atoms with Gasteiger partial charge in [-0.25, -0.2) is 4.98 Å². The third-order valence-electron chi connectivity index (χ3n) is 3.12. The van der Waals surface area contributed by atoms with Gasteiger partial charge in [0.2, 0.25) is 11.8 Å². The molecule has 26 heavy (non-hydrogen) atoms. The van der Waals surface area contributed by atoms with Crippen LogP contribution in [0.4, 0.5) is 18.9 Å². The van der Waals surface area contributed by atoms with Gasteiger partial charge in [-0.2, -0.15) is 18.3 Å². The van der Waals surface area contributed by atoms with E-state index in [0.717, 1.165) is 16.9 Å². The number of nitrogens with zero attached hydrogens (tertiary/aromatic N) is 4. The average molecular weight is 363 g/mol. The molecule has 0 saturated carbocycles. The molecule has 0 aliphatic carbocycles. The standard InChI is InChI=1S/C16H12F3N5O2/c17-16(18,19)13-4-7-24(23-13)10-14(25)22-11-2-1-3-12(8-11)26-15-9-20-5-6-21-15/h1-9H,10H2,(H,22,25). The predicted octanol–water partition coefficient (Wildman–Crippen LogP) is 3.12. The molecule has 0 bridgehead atoms. The molecular weight excluding hydrogens is 351 g/mol. The van der Waals surface area contributed by atoms with Gasteiger partial charge in [-0.3, -0.25) is 14.5 Å². The topological polar surface area (TPSA) is 81.9 Å². The van der Waals surface area contributed by atoms with Gasteiger partial charge in [0.15, 0.2) is 5.69 Å². The highest BCUT2D eigenvalue weighted by Gasteiger charge is 2.33. The van der Waals surface area contributed by atoms with Gasteiger partial charge >= 0.3 is 6.18 Å². The minimum absolute atomic E-state index is 0.284. The van der Waals surface area contributed by atoms with E-state index in [1.54, 1.807) is 24.3 Å². The smallest absolute Gasteiger partial charge is 0.435 e. The zero-order valence-corrected chi connectivity index (χ0v) is 13.1. The highest BCUT2D eigenvalue weighted by Crippen LogP contribution is 2.27. The molecule has 3 rings (SSSR count). The molecule has 134 valence electrons. The highest BCUT2D eigenvalue weighted by atomic mass is 19.4. The van der Waals surface area contributed by atoms with Gasteiger partial charge in [0.25, 0.3) is 0 Å². The van der Waals surface area contributed by atoms with Crippen molar-refractivity contribution in [1.82, 2.24) is 19.7 Å². The molecule has 7 nitrogen and oxygen atoms in total. The van der Waals surface area contributed by atoms with Crippen molar-refractivity contribution in [2.45, 2.75) is 12.7 Å². The van der Waals surface area contributed by atoms with Gasteiger partial charge in [-0.05, 0) is 18.2 Å². The fourth-order valence-corrected chi connectivity index (χ4v) is 2.04. The number of aromatic nitrogens is 4. The summed E-state index contributed by atoms with van der Waals surface area (Å²) < 4.78 is 43.9. The van der Waals surface area contributed by atoms with Crippen molar-refractivity contribution in [3.63, 3.8) is 0 Å². The number of rotatable bonds is 5. The normalized spacial score (nSPS) is 11.2. The lowest BCUT2D eigenvalue weighted by molar-refractivity contribution is -0.141. The largest absolute Gasteiger partial charge is 0.437 e. The molecule has 0 unspecified atom stereocenters. The molecule has 0 aliphatic rings. The number of benzene rings is 1. The van der Waals surface area contributed by atoms with Crippen LogP contribution in [0.5, 0.6) is 11.6 Å². The number of carbonyl (C=O) groups is 1. The summed E-state index contributed by atoms with van der Waals surface area (Å²) in [7, 11) is 0. The number of hydrogen-bond donors (Lipinski definition) is 1. The van der Waals surface area contributed by atoms with Crippen molar-refractivity contribution in [2.24, 2.45) is 0 Å². The predicted molar refractivity (Wildman–Crippen MR) is 84.4 cm³/mol. The molecule has 3 aromatic rings. The molecule has 0 fully saturated rings. The van der Waals surface area contributed by atoms with E-state index in [0.29, 0.717) is 11.4 Å². The summed E-state index contributed by atoms with van der Waals surface area (Å²) in [5, 5.41) is 5.89. The molecule has 1 amide bonds. The minimum Gasteiger partial charge on any atom is -0.437 e. The summed E-state index contributed by atoms with van der Waals surface area (Å²) >= 11 is 0. The second kappa shape index (κ2) is 7.21. The SMILES string of the molecule is O=C(Cn1ccc(C(F)(F)F)n1)Nc1cccc(Oc2cnccn2)c1. The zero-order chi connectivity index (χ0) is 18.6. The van der Waals surface area contributed by atoms with E-state index in [1.165, 1.54) is 18.6 Å². The Kier molecular flexibility index (Phi) is 4.83. The van der Waals surface area contributed by atoms with Crippen LogP contribution < -0.4 is 10.1 Å². The van der Waals surface area contributed by atoms with Crippen molar-refractivity contribution >= 4 is 11.6 Å². The first-order chi connectivity index (χ1) is 12.4. The molecule has 0 radical (unpaired) electrons. The number of ether oxygens (including phenoxy) is 1. The van der Waals surface area contributed by atoms with Crippen LogP contribution >= 0.6 is 0 Å². The Balaban J connectivity index is 1.62. The maximum absolute atomic E-state index is 12.5. The maximum atomic E-state index is 12.5. The fourth-order valence-electron chi connectivity index (χ4n) is 2.04. The number of alkyl halides is 3. The Bertz CT molecular complexity index is 896. The van der Waals surface area contributed by atoms with E-state index in [4.69, 9.17) is 4.74 Å². The van der Waals surface area contributed by atoms with Crippen LogP contribution in [0, 0.1) is 0 Å². The maximum Gasteiger partial charge on any atom is 0.435 e. The Morgan fingerprint density at radius 2 is 2.08 bits per heavy atom. The summed E-state index contributed by atoms with van der Waals surface area (Å²) in [6.07, 6.45) is 0.953. The van der Waals surface area contributed by atoms with Crippen LogP contribution in [-0.4, -0.2) is 25.7 Å². The molecule has 10 heteroatoms. The number of anilines is 1. The van der Waals surface area contributed by atoms with Gasteiger partial charge in [-0.15, -0.1) is 0 Å². The molecule has 1 N–H and O–H groups in total. The van der Waals surface area contributed by atoms with Gasteiger partial charge in [0.1, 0.15) is 12.3 Å². The number of halogens is 3. The molecule has 2 aromatic heterocycles. The van der Waals surface area contributed by atoms with Crippen molar-refractivity contribution in [3.05, 3.63) is 60.8 Å². The third kappa shape index (κ3) is 4.56. The lowest BCUT2D eigenvalue weighted by Crippen LogP contribution is -2.19. The molecule has 0 spiro atoms. The Labute approximate surface area is 145 Å². The minimum atomic E-state index is -4.55. The van der Waals surface area contributed by atoms with Crippen LogP contribution in [-0.2, 0) is 17.5 Å². The summed E-state index contributed by atoms with van der Waals surface area (Å²) in [5.74, 6) is 0.174. The van der Waals surface area contributed by atoms with Gasteiger partial charge in [0.05, 0.1) is 6.20 Å². The molecule has 0 saturated heterocycles. The van der Waals surface area contributed by atoms with E-state index < -0.39 is 17.8 Å². The molecule has 1 aromatic carbocycles. The van der Waals surface area contributed by atoms with E-state index in [9.17, 15) is 18.0 Å². The van der Waals surface area contributed by atoms with Crippen molar-refractivity contribution in [3.8, 4) is 11.6 Å². The third-order valence-corrected chi connectivity index (χ3v) is 3.12. The van der Waals surface area contributed by atoms with E-state index >= 15 is 0 Å². The fraction of sp³-hybridized carbons (Fsp3) is 0.125. The van der Waals surface area contributed by atoms with Gasteiger partial charge < -0.3 is 10.1 Å². The van der Waals surface area contributed by atoms with Crippen molar-refractivity contribution in [1.29, 1.82) is 0 Å². The second-order valence-corrected chi connectivity index (χ2v) is 5.12. The number of amides is 1. The first-order valence-electron chi connectivity index (χ1n) is 7.34. The Morgan fingerprint density at radius 1 is 1.23 bits per heavy atom. The molecule has 0 aliphatic heterocycles. The summed E-state index contributed by atoms with van der Waals surface area (Å²) in [6.45, 7) is -0.356. The van der Waals surface area contributed by atoms with Crippen LogP contribution in [0.2, 0.25) is 0 Å². The van der Waals surface area contributed by atoms with Crippen LogP contribution in [0.3, 0.4) is 0 Å². The van der Waals surface area contributed by atoms with Crippen LogP contribution in [0.15, 0.2) is 55.1 Å². The highest BCUT2D eigenvalue weighted by molar-refractivity contribution is 5.90. The van der Waals surface area contributed by atoms with E-state index in [-0.39, 0.29) is 12.4 Å². The molecular formula is C16H12F3N5O2. The monoisotopic (exact) mass is 363 g/mol. The van der Waals surface area contributed by atoms with Crippen LogP contribution in [0.1, 0.15) is 5.69 Å². The quantitative estimate of drug-likeness (QED) is 0.753. The van der Waals surface area contributed by atoms with Crippen molar-refractivity contribution in [2.75, 3.05) is 5.32 Å². The zero-order valence-electron chi connectivity index (χ0n) is 13.1. The Hall–Kier alpha value is -3.43. The van der Waals surface area contributed by atoms with Crippen molar-refractivity contribution < 1.29 is 22.7 Å². The summed E-state index contributed by atoms with van der Waals surface area (Å²) in [5.41, 5.74) is -0.635. The lowest BCUT2D eigenvalue weighted by Gasteiger charge is -2.08. The molecule has 2 heterocycles. The van der Waals surface area contributed by atoms with Gasteiger partial charge in [-0.1, -0.05) is 6.07 Å².